The number of halogens is 1. The highest BCUT2D eigenvalue weighted by Crippen LogP contribution is 2.34. The molecule has 0 atom stereocenters. The number of hydrogen-bond donors (Lipinski definition) is 2. The number of furan rings is 1. The number of pyridine rings is 1. The van der Waals surface area contributed by atoms with Crippen molar-refractivity contribution in [3.63, 3.8) is 0 Å². The van der Waals surface area contributed by atoms with Gasteiger partial charge in [-0.15, -0.1) is 0 Å². The van der Waals surface area contributed by atoms with Crippen molar-refractivity contribution in [3.8, 4) is 17.1 Å². The molecule has 0 spiro atoms. The van der Waals surface area contributed by atoms with Gasteiger partial charge in [0.2, 0.25) is 15.7 Å². The molecule has 0 bridgehead atoms. The van der Waals surface area contributed by atoms with E-state index >= 15 is 0 Å². The molecule has 2 aromatic carbocycles. The number of aryl methyl sites for hydroxylation is 2. The van der Waals surface area contributed by atoms with E-state index in [9.17, 15) is 17.6 Å². The number of fused-ring (bicyclic) bond motifs is 1. The molecule has 4 aromatic rings. The Bertz CT molecular complexity index is 1510. The van der Waals surface area contributed by atoms with Gasteiger partial charge in [0, 0.05) is 5.56 Å². The first-order valence-electron chi connectivity index (χ1n) is 11.8. The molecule has 37 heavy (non-hydrogen) atoms. The molecule has 194 valence electrons. The third-order valence-corrected chi connectivity index (χ3v) is 7.49. The van der Waals surface area contributed by atoms with Crippen LogP contribution in [0.4, 0.5) is 4.39 Å². The van der Waals surface area contributed by atoms with Crippen molar-refractivity contribution >= 4 is 27.0 Å². The monoisotopic (exact) mass is 525 g/mol. The summed E-state index contributed by atoms with van der Waals surface area (Å²) in [4.78, 5) is 16.8. The van der Waals surface area contributed by atoms with Gasteiger partial charge in [-0.05, 0) is 72.9 Å². The average Bonchev–Trinajstić information content (AvgIpc) is 3.26. The molecule has 0 radical (unpaired) electrons. The summed E-state index contributed by atoms with van der Waals surface area (Å²) < 4.78 is 52.3. The zero-order chi connectivity index (χ0) is 26.6. The Labute approximate surface area is 214 Å². The fourth-order valence-electron chi connectivity index (χ4n) is 4.12. The van der Waals surface area contributed by atoms with E-state index in [1.165, 1.54) is 24.3 Å². The number of aromatic nitrogens is 1. The van der Waals surface area contributed by atoms with Gasteiger partial charge < -0.3 is 14.9 Å². The lowest BCUT2D eigenvalue weighted by atomic mass is 10.0. The second-order valence-electron chi connectivity index (χ2n) is 8.57. The predicted molar refractivity (Wildman–Crippen MR) is 139 cm³/mol. The van der Waals surface area contributed by atoms with E-state index in [0.717, 1.165) is 16.9 Å². The molecular weight excluding hydrogens is 497 g/mol. The van der Waals surface area contributed by atoms with Crippen LogP contribution in [-0.4, -0.2) is 32.2 Å². The minimum Gasteiger partial charge on any atom is -0.497 e. The van der Waals surface area contributed by atoms with E-state index in [4.69, 9.17) is 14.9 Å². The number of benzene rings is 2. The molecule has 10 heteroatoms. The summed E-state index contributed by atoms with van der Waals surface area (Å²) in [5.74, 6) is -0.228. The Morgan fingerprint density at radius 3 is 2.46 bits per heavy atom. The van der Waals surface area contributed by atoms with Gasteiger partial charge in [0.15, 0.2) is 0 Å². The highest BCUT2D eigenvalue weighted by Gasteiger charge is 2.23. The van der Waals surface area contributed by atoms with Gasteiger partial charge in [-0.3, -0.25) is 4.79 Å². The first-order valence-corrected chi connectivity index (χ1v) is 13.5. The van der Waals surface area contributed by atoms with E-state index in [-0.39, 0.29) is 29.3 Å². The van der Waals surface area contributed by atoms with E-state index < -0.39 is 21.7 Å². The van der Waals surface area contributed by atoms with E-state index in [0.29, 0.717) is 35.9 Å². The number of nitrogens with zero attached hydrogens (tertiary/aromatic N) is 1. The zero-order valence-electron chi connectivity index (χ0n) is 20.6. The molecule has 4 rings (SSSR count). The number of nitrogens with two attached hydrogens (primary N) is 1. The molecule has 2 aromatic heterocycles. The number of rotatable bonds is 11. The molecule has 0 aliphatic heterocycles. The Morgan fingerprint density at radius 2 is 1.84 bits per heavy atom. The van der Waals surface area contributed by atoms with Crippen molar-refractivity contribution in [2.45, 2.75) is 32.7 Å². The van der Waals surface area contributed by atoms with Gasteiger partial charge in [-0.2, -0.15) is 0 Å². The molecule has 0 saturated carbocycles. The van der Waals surface area contributed by atoms with Gasteiger partial charge in [0.1, 0.15) is 17.3 Å². The van der Waals surface area contributed by atoms with Crippen LogP contribution in [0.25, 0.3) is 22.4 Å². The molecule has 0 fully saturated rings. The molecule has 0 aliphatic carbocycles. The lowest BCUT2D eigenvalue weighted by Gasteiger charge is -2.10. The van der Waals surface area contributed by atoms with Crippen molar-refractivity contribution in [2.75, 3.05) is 12.9 Å². The molecular formula is C27H28FN3O5S. The van der Waals surface area contributed by atoms with Crippen molar-refractivity contribution in [2.24, 2.45) is 5.73 Å². The summed E-state index contributed by atoms with van der Waals surface area (Å²) in [6.07, 6.45) is 1.62. The van der Waals surface area contributed by atoms with Crippen LogP contribution >= 0.6 is 0 Å². The second-order valence-corrected chi connectivity index (χ2v) is 10.5. The summed E-state index contributed by atoms with van der Waals surface area (Å²) in [5.41, 5.74) is 8.69. The topological polar surface area (TPSA) is 125 Å². The van der Waals surface area contributed by atoms with Crippen LogP contribution in [0.15, 0.2) is 59.0 Å². The number of methoxy groups -OCH3 is 1. The van der Waals surface area contributed by atoms with Crippen LogP contribution in [0.5, 0.6) is 5.75 Å². The first kappa shape index (κ1) is 26.3. The maximum Gasteiger partial charge on any atom is 0.253 e. The van der Waals surface area contributed by atoms with Crippen LogP contribution in [0.1, 0.15) is 40.5 Å². The third-order valence-electron chi connectivity index (χ3n) is 6.08. The normalized spacial score (nSPS) is 11.6. The minimum absolute atomic E-state index is 0.0253. The van der Waals surface area contributed by atoms with Gasteiger partial charge in [0.25, 0.3) is 5.91 Å². The summed E-state index contributed by atoms with van der Waals surface area (Å²) >= 11 is 0. The maximum absolute atomic E-state index is 13.4. The number of ether oxygens (including phenoxy) is 1. The summed E-state index contributed by atoms with van der Waals surface area (Å²) in [6.45, 7) is 1.88. The fraction of sp³-hybridized carbons (Fsp3) is 0.259. The predicted octanol–water partition coefficient (Wildman–Crippen LogP) is 4.36. The van der Waals surface area contributed by atoms with Crippen LogP contribution in [0.2, 0.25) is 0 Å². The second kappa shape index (κ2) is 11.1. The molecule has 1 amide bonds. The highest BCUT2D eigenvalue weighted by atomic mass is 32.2. The van der Waals surface area contributed by atoms with Crippen LogP contribution in [-0.2, 0) is 29.4 Å². The Morgan fingerprint density at radius 1 is 1.14 bits per heavy atom. The summed E-state index contributed by atoms with van der Waals surface area (Å²) in [5, 5.41) is 0.426. The van der Waals surface area contributed by atoms with E-state index in [1.807, 2.05) is 31.2 Å². The number of nitrogens with one attached hydrogen (secondary N) is 1. The van der Waals surface area contributed by atoms with E-state index in [2.05, 4.69) is 9.71 Å². The quantitative estimate of drug-likeness (QED) is 0.300. The number of carbonyl (C=O) groups is 1. The van der Waals surface area contributed by atoms with Gasteiger partial charge in [0.05, 0.1) is 36.1 Å². The van der Waals surface area contributed by atoms with Gasteiger partial charge >= 0.3 is 0 Å². The number of sulfonamides is 1. The van der Waals surface area contributed by atoms with Crippen LogP contribution in [0, 0.1) is 5.82 Å². The Kier molecular flexibility index (Phi) is 7.89. The molecule has 0 saturated heterocycles. The molecule has 3 N–H and O–H groups in total. The van der Waals surface area contributed by atoms with Gasteiger partial charge in [-0.1, -0.05) is 19.1 Å². The van der Waals surface area contributed by atoms with E-state index in [1.54, 1.807) is 13.2 Å². The van der Waals surface area contributed by atoms with Crippen molar-refractivity contribution in [3.05, 3.63) is 82.8 Å². The van der Waals surface area contributed by atoms with Crippen molar-refractivity contribution < 1.29 is 26.8 Å². The molecule has 0 unspecified atom stereocenters. The average molecular weight is 526 g/mol. The lowest BCUT2D eigenvalue weighted by Crippen LogP contribution is -2.27. The molecule has 0 aliphatic rings. The van der Waals surface area contributed by atoms with Crippen molar-refractivity contribution in [1.29, 1.82) is 0 Å². The summed E-state index contributed by atoms with van der Waals surface area (Å²) in [7, 11) is -1.97. The third kappa shape index (κ3) is 6.15. The number of amides is 1. The van der Waals surface area contributed by atoms with Gasteiger partial charge in [-0.25, -0.2) is 22.5 Å². The fourth-order valence-corrected chi connectivity index (χ4v) is 5.14. The number of primary amides is 1. The molecule has 2 heterocycles. The minimum atomic E-state index is -3.56. The number of carbonyl (C=O) groups excluding carboxylic acids is 1. The Hall–Kier alpha value is -3.76. The maximum atomic E-state index is 13.4. The highest BCUT2D eigenvalue weighted by molar-refractivity contribution is 7.89. The van der Waals surface area contributed by atoms with Crippen molar-refractivity contribution in [1.82, 2.24) is 9.71 Å². The first-order chi connectivity index (χ1) is 17.7. The smallest absolute Gasteiger partial charge is 0.253 e. The lowest BCUT2D eigenvalue weighted by molar-refractivity contribution is 0.100. The molecule has 8 nitrogen and oxygen atoms in total. The number of hydrogen-bond acceptors (Lipinski definition) is 6. The standard InChI is InChI=1S/C27H28FN3O5S/c1-3-18-15-22-24(26(29)32)25(19-8-10-20(28)11-9-19)36-27(22)31-23(18)16-30-37(33,34)14-4-5-17-6-12-21(35-2)13-7-17/h6-13,15,30H,3-5,14,16H2,1-2H3,(H2,29,32). The van der Waals surface area contributed by atoms with Crippen LogP contribution < -0.4 is 15.2 Å². The largest absolute Gasteiger partial charge is 0.497 e. The Balaban J connectivity index is 1.52. The SMILES string of the molecule is CCc1cc2c(C(N)=O)c(-c3ccc(F)cc3)oc2nc1CNS(=O)(=O)CCCc1ccc(OC)cc1. The zero-order valence-corrected chi connectivity index (χ0v) is 21.4. The summed E-state index contributed by atoms with van der Waals surface area (Å²) in [6, 6.07) is 14.7. The van der Waals surface area contributed by atoms with Crippen LogP contribution in [0.3, 0.4) is 0 Å².